The number of benzene rings is 1. The lowest BCUT2D eigenvalue weighted by atomic mass is 10.0. The molecule has 0 heterocycles. The maximum Gasteiger partial charge on any atom is 0.122 e. The molecular weight excluding hydrogens is 235 g/mol. The largest absolute Gasteiger partial charge is 0.496 e. The van der Waals surface area contributed by atoms with Crippen LogP contribution in [0.5, 0.6) is 5.75 Å². The monoisotopic (exact) mass is 246 g/mol. The van der Waals surface area contributed by atoms with Crippen LogP contribution in [0.3, 0.4) is 0 Å². The van der Waals surface area contributed by atoms with Gasteiger partial charge in [-0.3, -0.25) is 4.39 Å². The summed E-state index contributed by atoms with van der Waals surface area (Å²) in [6, 6.07) is 5.61. The van der Waals surface area contributed by atoms with E-state index in [2.05, 4.69) is 15.9 Å². The highest BCUT2D eigenvalue weighted by Gasteiger charge is 2.11. The molecule has 1 aromatic carbocycles. The van der Waals surface area contributed by atoms with Crippen molar-refractivity contribution in [2.45, 2.75) is 12.8 Å². The standard InChI is InChI=1S/C10H12BrFO/c1-7(6-12)9-5-8(11)3-4-10(9)13-2/h3-5,7H,6H2,1-2H3. The van der Waals surface area contributed by atoms with E-state index in [9.17, 15) is 4.39 Å². The van der Waals surface area contributed by atoms with Gasteiger partial charge in [-0.2, -0.15) is 0 Å². The summed E-state index contributed by atoms with van der Waals surface area (Å²) in [4.78, 5) is 0. The van der Waals surface area contributed by atoms with Crippen molar-refractivity contribution >= 4 is 15.9 Å². The molecule has 0 aliphatic heterocycles. The maximum absolute atomic E-state index is 12.4. The Morgan fingerprint density at radius 3 is 2.77 bits per heavy atom. The predicted octanol–water partition coefficient (Wildman–Crippen LogP) is 3.53. The van der Waals surface area contributed by atoms with Gasteiger partial charge < -0.3 is 4.74 Å². The van der Waals surface area contributed by atoms with Gasteiger partial charge in [0.25, 0.3) is 0 Å². The fraction of sp³-hybridized carbons (Fsp3) is 0.400. The maximum atomic E-state index is 12.4. The van der Waals surface area contributed by atoms with Crippen molar-refractivity contribution in [3.05, 3.63) is 28.2 Å². The molecule has 1 unspecified atom stereocenters. The molecule has 0 N–H and O–H groups in total. The first-order valence-corrected chi connectivity index (χ1v) is 4.87. The highest BCUT2D eigenvalue weighted by atomic mass is 79.9. The molecule has 0 radical (unpaired) electrons. The molecule has 3 heteroatoms. The van der Waals surface area contributed by atoms with Crippen molar-refractivity contribution in [1.82, 2.24) is 0 Å². The van der Waals surface area contributed by atoms with E-state index in [1.807, 2.05) is 25.1 Å². The molecule has 0 bridgehead atoms. The third-order valence-corrected chi connectivity index (χ3v) is 2.45. The quantitative estimate of drug-likeness (QED) is 0.793. The number of ether oxygens (including phenoxy) is 1. The van der Waals surface area contributed by atoms with Crippen molar-refractivity contribution in [3.8, 4) is 5.75 Å². The van der Waals surface area contributed by atoms with Crippen LogP contribution in [0.15, 0.2) is 22.7 Å². The van der Waals surface area contributed by atoms with Crippen LogP contribution in [0, 0.1) is 0 Å². The van der Waals surface area contributed by atoms with Crippen LogP contribution in [0.25, 0.3) is 0 Å². The van der Waals surface area contributed by atoms with E-state index in [1.165, 1.54) is 0 Å². The SMILES string of the molecule is COc1ccc(Br)cc1C(C)CF. The molecule has 1 nitrogen and oxygen atoms in total. The number of hydrogen-bond donors (Lipinski definition) is 0. The summed E-state index contributed by atoms with van der Waals surface area (Å²) in [5.41, 5.74) is 0.902. The van der Waals surface area contributed by atoms with Crippen molar-refractivity contribution < 1.29 is 9.13 Å². The van der Waals surface area contributed by atoms with Crippen LogP contribution in [0.4, 0.5) is 4.39 Å². The van der Waals surface area contributed by atoms with E-state index in [-0.39, 0.29) is 12.6 Å². The highest BCUT2D eigenvalue weighted by Crippen LogP contribution is 2.29. The first-order valence-electron chi connectivity index (χ1n) is 4.08. The minimum absolute atomic E-state index is 0.118. The van der Waals surface area contributed by atoms with Crippen LogP contribution < -0.4 is 4.74 Å². The Hall–Kier alpha value is -0.570. The van der Waals surface area contributed by atoms with Crippen molar-refractivity contribution in [2.24, 2.45) is 0 Å². The Morgan fingerprint density at radius 2 is 2.23 bits per heavy atom. The Balaban J connectivity index is 3.07. The lowest BCUT2D eigenvalue weighted by Gasteiger charge is -2.12. The second-order valence-corrected chi connectivity index (χ2v) is 3.86. The molecule has 1 aromatic rings. The molecule has 1 rings (SSSR count). The first kappa shape index (κ1) is 10.5. The molecule has 0 saturated carbocycles. The zero-order valence-corrected chi connectivity index (χ0v) is 9.27. The topological polar surface area (TPSA) is 9.23 Å². The van der Waals surface area contributed by atoms with Crippen LogP contribution in [0.1, 0.15) is 18.4 Å². The fourth-order valence-corrected chi connectivity index (χ4v) is 1.55. The summed E-state index contributed by atoms with van der Waals surface area (Å²) in [6.07, 6.45) is 0. The normalized spacial score (nSPS) is 12.6. The van der Waals surface area contributed by atoms with Crippen molar-refractivity contribution in [2.75, 3.05) is 13.8 Å². The number of halogens is 2. The molecule has 1 atom stereocenters. The number of rotatable bonds is 3. The molecule has 13 heavy (non-hydrogen) atoms. The van der Waals surface area contributed by atoms with Gasteiger partial charge in [0.05, 0.1) is 13.8 Å². The van der Waals surface area contributed by atoms with Gasteiger partial charge in [-0.05, 0) is 18.2 Å². The van der Waals surface area contributed by atoms with E-state index in [4.69, 9.17) is 4.74 Å². The van der Waals surface area contributed by atoms with Gasteiger partial charge in [0.2, 0.25) is 0 Å². The molecule has 0 aliphatic rings. The van der Waals surface area contributed by atoms with Crippen LogP contribution in [-0.2, 0) is 0 Å². The van der Waals surface area contributed by atoms with Gasteiger partial charge in [0.15, 0.2) is 0 Å². The van der Waals surface area contributed by atoms with Gasteiger partial charge in [-0.1, -0.05) is 22.9 Å². The molecular formula is C10H12BrFO. The number of alkyl halides is 1. The molecule has 0 spiro atoms. The summed E-state index contributed by atoms with van der Waals surface area (Å²) >= 11 is 3.34. The minimum Gasteiger partial charge on any atom is -0.496 e. The third-order valence-electron chi connectivity index (χ3n) is 1.95. The second kappa shape index (κ2) is 4.61. The van der Waals surface area contributed by atoms with E-state index in [0.717, 1.165) is 15.8 Å². The molecule has 0 amide bonds. The van der Waals surface area contributed by atoms with E-state index in [1.54, 1.807) is 7.11 Å². The van der Waals surface area contributed by atoms with Crippen LogP contribution >= 0.6 is 15.9 Å². The summed E-state index contributed by atoms with van der Waals surface area (Å²) in [6.45, 7) is 1.47. The Morgan fingerprint density at radius 1 is 1.54 bits per heavy atom. The smallest absolute Gasteiger partial charge is 0.122 e. The van der Waals surface area contributed by atoms with E-state index < -0.39 is 0 Å². The number of hydrogen-bond acceptors (Lipinski definition) is 1. The van der Waals surface area contributed by atoms with Gasteiger partial charge in [-0.15, -0.1) is 0 Å². The van der Waals surface area contributed by atoms with E-state index >= 15 is 0 Å². The van der Waals surface area contributed by atoms with Gasteiger partial charge in [-0.25, -0.2) is 0 Å². The third kappa shape index (κ3) is 2.44. The first-order chi connectivity index (χ1) is 6.19. The Labute approximate surface area is 86.0 Å². The van der Waals surface area contributed by atoms with Gasteiger partial charge >= 0.3 is 0 Å². The zero-order valence-electron chi connectivity index (χ0n) is 7.68. The molecule has 0 aliphatic carbocycles. The van der Waals surface area contributed by atoms with Crippen LogP contribution in [-0.4, -0.2) is 13.8 Å². The molecule has 72 valence electrons. The molecule has 0 fully saturated rings. The lowest BCUT2D eigenvalue weighted by Crippen LogP contribution is -1.99. The predicted molar refractivity (Wildman–Crippen MR) is 55.1 cm³/mol. The number of methoxy groups -OCH3 is 1. The summed E-state index contributed by atoms with van der Waals surface area (Å²) in [7, 11) is 1.59. The van der Waals surface area contributed by atoms with E-state index in [0.29, 0.717) is 0 Å². The summed E-state index contributed by atoms with van der Waals surface area (Å²) < 4.78 is 18.5. The Kier molecular flexibility index (Phi) is 3.72. The van der Waals surface area contributed by atoms with Crippen molar-refractivity contribution in [3.63, 3.8) is 0 Å². The molecule has 0 saturated heterocycles. The Bertz CT molecular complexity index is 288. The highest BCUT2D eigenvalue weighted by molar-refractivity contribution is 9.10. The summed E-state index contributed by atoms with van der Waals surface area (Å²) in [5.74, 6) is 0.626. The van der Waals surface area contributed by atoms with Gasteiger partial charge in [0.1, 0.15) is 5.75 Å². The molecule has 0 aromatic heterocycles. The zero-order chi connectivity index (χ0) is 9.84. The average molecular weight is 247 g/mol. The minimum atomic E-state index is -0.368. The van der Waals surface area contributed by atoms with Crippen molar-refractivity contribution in [1.29, 1.82) is 0 Å². The second-order valence-electron chi connectivity index (χ2n) is 2.94. The lowest BCUT2D eigenvalue weighted by molar-refractivity contribution is 0.392. The fourth-order valence-electron chi connectivity index (χ4n) is 1.17. The summed E-state index contributed by atoms with van der Waals surface area (Å²) in [5, 5.41) is 0. The van der Waals surface area contributed by atoms with Gasteiger partial charge in [0, 0.05) is 16.0 Å². The van der Waals surface area contributed by atoms with Crippen LogP contribution in [0.2, 0.25) is 0 Å². The average Bonchev–Trinajstić information content (AvgIpc) is 2.16.